The van der Waals surface area contributed by atoms with Crippen molar-refractivity contribution in [2.24, 2.45) is 4.99 Å². The molecular formula is C12H7NO. The minimum absolute atomic E-state index is 0.140. The minimum atomic E-state index is -0.140. The van der Waals surface area contributed by atoms with Crippen LogP contribution in [-0.4, -0.2) is 12.1 Å². The first-order chi connectivity index (χ1) is 6.86. The SMILES string of the molecule is O=C1N=CC=C2C1=Cc1ccccc12. The van der Waals surface area contributed by atoms with Crippen LogP contribution in [-0.2, 0) is 4.79 Å². The number of amides is 1. The number of rotatable bonds is 0. The van der Waals surface area contributed by atoms with Gasteiger partial charge in [0.05, 0.1) is 5.57 Å². The molecule has 1 aliphatic heterocycles. The highest BCUT2D eigenvalue weighted by molar-refractivity contribution is 6.23. The van der Waals surface area contributed by atoms with E-state index in [0.717, 1.165) is 16.7 Å². The summed E-state index contributed by atoms with van der Waals surface area (Å²) in [7, 11) is 0. The summed E-state index contributed by atoms with van der Waals surface area (Å²) in [5.41, 5.74) is 3.95. The molecule has 0 saturated heterocycles. The Labute approximate surface area is 81.3 Å². The Balaban J connectivity index is 2.29. The number of hydrogen-bond donors (Lipinski definition) is 0. The van der Waals surface area contributed by atoms with Gasteiger partial charge in [0.1, 0.15) is 0 Å². The zero-order chi connectivity index (χ0) is 9.54. The average molecular weight is 181 g/mol. The summed E-state index contributed by atoms with van der Waals surface area (Å²) in [6, 6.07) is 7.98. The summed E-state index contributed by atoms with van der Waals surface area (Å²) in [6.45, 7) is 0. The molecule has 0 atom stereocenters. The van der Waals surface area contributed by atoms with Crippen molar-refractivity contribution in [1.29, 1.82) is 0 Å². The molecule has 66 valence electrons. The van der Waals surface area contributed by atoms with Gasteiger partial charge < -0.3 is 0 Å². The topological polar surface area (TPSA) is 29.4 Å². The van der Waals surface area contributed by atoms with Crippen molar-refractivity contribution in [1.82, 2.24) is 0 Å². The van der Waals surface area contributed by atoms with Gasteiger partial charge >= 0.3 is 0 Å². The van der Waals surface area contributed by atoms with Crippen molar-refractivity contribution in [3.05, 3.63) is 47.0 Å². The van der Waals surface area contributed by atoms with E-state index in [4.69, 9.17) is 0 Å². The van der Waals surface area contributed by atoms with Crippen molar-refractivity contribution in [2.75, 3.05) is 0 Å². The van der Waals surface area contributed by atoms with Gasteiger partial charge in [-0.25, -0.2) is 4.99 Å². The van der Waals surface area contributed by atoms with Crippen LogP contribution in [0.5, 0.6) is 0 Å². The highest BCUT2D eigenvalue weighted by atomic mass is 16.1. The van der Waals surface area contributed by atoms with E-state index in [9.17, 15) is 4.79 Å². The lowest BCUT2D eigenvalue weighted by atomic mass is 10.0. The lowest BCUT2D eigenvalue weighted by Crippen LogP contribution is -2.02. The van der Waals surface area contributed by atoms with E-state index in [2.05, 4.69) is 4.99 Å². The predicted molar refractivity (Wildman–Crippen MR) is 55.9 cm³/mol. The van der Waals surface area contributed by atoms with Crippen LogP contribution in [0.2, 0.25) is 0 Å². The van der Waals surface area contributed by atoms with Crippen LogP contribution in [0.25, 0.3) is 11.6 Å². The van der Waals surface area contributed by atoms with E-state index < -0.39 is 0 Å². The first-order valence-corrected chi connectivity index (χ1v) is 4.46. The number of fused-ring (bicyclic) bond motifs is 3. The number of allylic oxidation sites excluding steroid dienone is 1. The van der Waals surface area contributed by atoms with E-state index >= 15 is 0 Å². The Morgan fingerprint density at radius 1 is 1.07 bits per heavy atom. The van der Waals surface area contributed by atoms with Gasteiger partial charge in [0.25, 0.3) is 5.91 Å². The van der Waals surface area contributed by atoms with Crippen LogP contribution in [0.3, 0.4) is 0 Å². The van der Waals surface area contributed by atoms with Gasteiger partial charge in [-0.1, -0.05) is 24.3 Å². The van der Waals surface area contributed by atoms with Crippen LogP contribution in [0.15, 0.2) is 40.9 Å². The van der Waals surface area contributed by atoms with Crippen LogP contribution in [0, 0.1) is 0 Å². The molecule has 0 unspecified atom stereocenters. The monoisotopic (exact) mass is 181 g/mol. The summed E-state index contributed by atoms with van der Waals surface area (Å²) in [5, 5.41) is 0. The van der Waals surface area contributed by atoms with E-state index in [1.54, 1.807) is 6.21 Å². The Morgan fingerprint density at radius 3 is 2.86 bits per heavy atom. The number of carbonyl (C=O) groups is 1. The molecule has 1 amide bonds. The lowest BCUT2D eigenvalue weighted by Gasteiger charge is -2.05. The van der Waals surface area contributed by atoms with Crippen molar-refractivity contribution in [2.45, 2.75) is 0 Å². The maximum Gasteiger partial charge on any atom is 0.277 e. The summed E-state index contributed by atoms with van der Waals surface area (Å²) >= 11 is 0. The summed E-state index contributed by atoms with van der Waals surface area (Å²) in [5.74, 6) is -0.140. The van der Waals surface area contributed by atoms with Crippen LogP contribution >= 0.6 is 0 Å². The first-order valence-electron chi connectivity index (χ1n) is 4.46. The van der Waals surface area contributed by atoms with E-state index in [-0.39, 0.29) is 5.91 Å². The molecule has 2 aliphatic rings. The third-order valence-electron chi connectivity index (χ3n) is 2.50. The molecule has 2 nitrogen and oxygen atoms in total. The summed E-state index contributed by atoms with van der Waals surface area (Å²) in [6.07, 6.45) is 5.36. The van der Waals surface area contributed by atoms with Crippen molar-refractivity contribution in [3.8, 4) is 0 Å². The highest BCUT2D eigenvalue weighted by Crippen LogP contribution is 2.36. The van der Waals surface area contributed by atoms with Gasteiger partial charge in [-0.2, -0.15) is 0 Å². The van der Waals surface area contributed by atoms with E-state index in [1.165, 1.54) is 0 Å². The van der Waals surface area contributed by atoms with Crippen LogP contribution in [0.4, 0.5) is 0 Å². The summed E-state index contributed by atoms with van der Waals surface area (Å²) in [4.78, 5) is 15.2. The lowest BCUT2D eigenvalue weighted by molar-refractivity contribution is -0.113. The maximum absolute atomic E-state index is 11.4. The molecule has 0 N–H and O–H groups in total. The Hall–Kier alpha value is -1.96. The van der Waals surface area contributed by atoms with Crippen molar-refractivity contribution in [3.63, 3.8) is 0 Å². The number of nitrogens with zero attached hydrogens (tertiary/aromatic N) is 1. The first kappa shape index (κ1) is 7.44. The molecule has 1 aliphatic carbocycles. The largest absolute Gasteiger partial charge is 0.277 e. The number of carbonyl (C=O) groups excluding carboxylic acids is 1. The van der Waals surface area contributed by atoms with Crippen LogP contribution < -0.4 is 0 Å². The number of benzene rings is 1. The van der Waals surface area contributed by atoms with Gasteiger partial charge in [0.2, 0.25) is 0 Å². The normalized spacial score (nSPS) is 17.3. The third-order valence-corrected chi connectivity index (χ3v) is 2.50. The second kappa shape index (κ2) is 2.51. The fourth-order valence-electron chi connectivity index (χ4n) is 1.85. The Kier molecular flexibility index (Phi) is 1.34. The molecule has 1 heterocycles. The second-order valence-electron chi connectivity index (χ2n) is 3.31. The van der Waals surface area contributed by atoms with E-state index in [1.807, 2.05) is 36.4 Å². The smallest absolute Gasteiger partial charge is 0.267 e. The predicted octanol–water partition coefficient (Wildman–Crippen LogP) is 2.08. The van der Waals surface area contributed by atoms with Gasteiger partial charge in [-0.3, -0.25) is 4.79 Å². The Morgan fingerprint density at radius 2 is 1.93 bits per heavy atom. The van der Waals surface area contributed by atoms with Gasteiger partial charge in [-0.15, -0.1) is 0 Å². The molecule has 2 heteroatoms. The molecule has 0 bridgehead atoms. The molecule has 1 aromatic carbocycles. The molecule has 1 aromatic rings. The number of hydrogen-bond acceptors (Lipinski definition) is 1. The molecule has 0 saturated carbocycles. The minimum Gasteiger partial charge on any atom is -0.267 e. The quantitative estimate of drug-likeness (QED) is 0.602. The molecule has 14 heavy (non-hydrogen) atoms. The molecule has 0 fully saturated rings. The van der Waals surface area contributed by atoms with Gasteiger partial charge in [0, 0.05) is 6.21 Å². The maximum atomic E-state index is 11.4. The third kappa shape index (κ3) is 0.852. The van der Waals surface area contributed by atoms with Crippen molar-refractivity contribution >= 4 is 23.8 Å². The molecule has 0 spiro atoms. The fraction of sp³-hybridized carbons (Fsp3) is 0. The zero-order valence-corrected chi connectivity index (χ0v) is 7.40. The Bertz CT molecular complexity index is 521. The molecule has 0 radical (unpaired) electrons. The van der Waals surface area contributed by atoms with Gasteiger partial charge in [-0.05, 0) is 28.9 Å². The second-order valence-corrected chi connectivity index (χ2v) is 3.31. The average Bonchev–Trinajstić information content (AvgIpc) is 2.59. The molecule has 0 aromatic heterocycles. The molecule has 3 rings (SSSR count). The van der Waals surface area contributed by atoms with E-state index in [0.29, 0.717) is 5.57 Å². The highest BCUT2D eigenvalue weighted by Gasteiger charge is 2.24. The van der Waals surface area contributed by atoms with Crippen LogP contribution in [0.1, 0.15) is 11.1 Å². The zero-order valence-electron chi connectivity index (χ0n) is 7.40. The summed E-state index contributed by atoms with van der Waals surface area (Å²) < 4.78 is 0. The van der Waals surface area contributed by atoms with Crippen molar-refractivity contribution < 1.29 is 4.79 Å². The number of aliphatic imine (C=N–C) groups is 1. The fourth-order valence-corrected chi connectivity index (χ4v) is 1.85. The standard InChI is InChI=1S/C12H7NO/c14-12-11-7-8-3-1-2-4-9(8)10(11)5-6-13-12/h1-7H. The van der Waals surface area contributed by atoms with Gasteiger partial charge in [0.15, 0.2) is 0 Å². The number of dihydropyridines is 1. The molecular weight excluding hydrogens is 174 g/mol.